The molecule has 3 fully saturated rings. The number of hydrogen-bond acceptors (Lipinski definition) is 6. The summed E-state index contributed by atoms with van der Waals surface area (Å²) in [4.78, 5) is 22.5. The molecule has 8 heteroatoms. The quantitative estimate of drug-likeness (QED) is 0.417. The van der Waals surface area contributed by atoms with Crippen molar-refractivity contribution in [2.75, 3.05) is 39.3 Å². The first-order valence-electron chi connectivity index (χ1n) is 13.3. The molecule has 1 aromatic heterocycles. The van der Waals surface area contributed by atoms with Crippen molar-refractivity contribution in [1.29, 1.82) is 0 Å². The number of likely N-dealkylation sites (tertiary alicyclic amines) is 2. The first-order valence-corrected chi connectivity index (χ1v) is 13.7. The van der Waals surface area contributed by atoms with Gasteiger partial charge in [-0.15, -0.1) is 0 Å². The number of aliphatic imine (C=N–C) groups is 1. The summed E-state index contributed by atoms with van der Waals surface area (Å²) in [6, 6.07) is 1.84. The van der Waals surface area contributed by atoms with Crippen molar-refractivity contribution < 1.29 is 9.32 Å². The van der Waals surface area contributed by atoms with E-state index >= 15 is 0 Å². The molecular weight excluding hydrogens is 462 g/mol. The minimum absolute atomic E-state index is 0.151. The van der Waals surface area contributed by atoms with Gasteiger partial charge < -0.3 is 20.1 Å². The predicted octanol–water partition coefficient (Wildman–Crippen LogP) is 5.02. The number of nitrogens with zero attached hydrogens (tertiary/aromatic N) is 4. The fraction of sp³-hybridized carbons (Fsp3) is 0.741. The van der Waals surface area contributed by atoms with E-state index in [1.54, 1.807) is 0 Å². The molecule has 0 aromatic carbocycles. The van der Waals surface area contributed by atoms with Crippen LogP contribution in [0.5, 0.6) is 0 Å². The first-order chi connectivity index (χ1) is 16.6. The van der Waals surface area contributed by atoms with Crippen LogP contribution in [0.1, 0.15) is 90.0 Å². The Balaban J connectivity index is 1.41. The van der Waals surface area contributed by atoms with Crippen molar-refractivity contribution in [3.05, 3.63) is 23.1 Å². The van der Waals surface area contributed by atoms with Crippen LogP contribution in [-0.2, 0) is 4.79 Å². The molecule has 0 radical (unpaired) electrons. The van der Waals surface area contributed by atoms with E-state index in [0.29, 0.717) is 29.0 Å². The van der Waals surface area contributed by atoms with E-state index in [1.165, 1.54) is 25.8 Å². The number of amides is 1. The van der Waals surface area contributed by atoms with Gasteiger partial charge in [0.05, 0.1) is 5.70 Å². The molecule has 1 aliphatic carbocycles. The highest BCUT2D eigenvalue weighted by atomic mass is 35.5. The Morgan fingerprint density at radius 1 is 1.20 bits per heavy atom. The summed E-state index contributed by atoms with van der Waals surface area (Å²) in [5.74, 6) is 1.09. The fourth-order valence-corrected chi connectivity index (χ4v) is 5.53. The molecular formula is C27H42ClN5O2. The summed E-state index contributed by atoms with van der Waals surface area (Å²) in [7, 11) is 0. The Hall–Kier alpha value is -1.86. The zero-order chi connectivity index (χ0) is 25.2. The maximum Gasteiger partial charge on any atom is 0.259 e. The van der Waals surface area contributed by atoms with E-state index in [1.807, 2.05) is 17.9 Å². The summed E-state index contributed by atoms with van der Waals surface area (Å²) in [5, 5.41) is 4.28. The highest BCUT2D eigenvalue weighted by molar-refractivity contribution is 6.73. The second-order valence-electron chi connectivity index (χ2n) is 11.9. The van der Waals surface area contributed by atoms with Crippen LogP contribution in [0.2, 0.25) is 0 Å². The van der Waals surface area contributed by atoms with Crippen LogP contribution in [0.3, 0.4) is 0 Å². The highest BCUT2D eigenvalue weighted by Crippen LogP contribution is 2.42. The maximum atomic E-state index is 13.6. The SMILES string of the molecule is CCN=C(Cl)/C(C(=O)N1CCC2(CCN(CCC(C)(C)C)CC2)CC1)=C(\N)c1cc(C2CC2)on1. The minimum Gasteiger partial charge on any atom is -0.396 e. The normalized spacial score (nSPS) is 22.4. The van der Waals surface area contributed by atoms with Gasteiger partial charge in [-0.2, -0.15) is 0 Å². The summed E-state index contributed by atoms with van der Waals surface area (Å²) >= 11 is 6.51. The smallest absolute Gasteiger partial charge is 0.259 e. The average molecular weight is 504 g/mol. The molecule has 7 nitrogen and oxygen atoms in total. The maximum absolute atomic E-state index is 13.6. The first kappa shape index (κ1) is 26.2. The van der Waals surface area contributed by atoms with Gasteiger partial charge in [-0.05, 0) is 82.3 Å². The van der Waals surface area contributed by atoms with E-state index < -0.39 is 0 Å². The van der Waals surface area contributed by atoms with E-state index in [-0.39, 0.29) is 22.3 Å². The molecule has 35 heavy (non-hydrogen) atoms. The van der Waals surface area contributed by atoms with Crippen LogP contribution in [0.4, 0.5) is 0 Å². The monoisotopic (exact) mass is 503 g/mol. The van der Waals surface area contributed by atoms with Crippen molar-refractivity contribution in [2.24, 2.45) is 21.6 Å². The van der Waals surface area contributed by atoms with Crippen molar-refractivity contribution in [2.45, 2.75) is 78.6 Å². The van der Waals surface area contributed by atoms with Crippen molar-refractivity contribution in [1.82, 2.24) is 15.0 Å². The van der Waals surface area contributed by atoms with E-state index in [4.69, 9.17) is 21.9 Å². The van der Waals surface area contributed by atoms with Crippen LogP contribution < -0.4 is 5.73 Å². The second-order valence-corrected chi connectivity index (χ2v) is 12.2. The number of rotatable bonds is 7. The van der Waals surface area contributed by atoms with Gasteiger partial charge in [-0.1, -0.05) is 37.5 Å². The second kappa shape index (κ2) is 10.6. The van der Waals surface area contributed by atoms with Crippen LogP contribution >= 0.6 is 11.6 Å². The number of piperidine rings is 2. The molecule has 1 amide bonds. The van der Waals surface area contributed by atoms with Crippen molar-refractivity contribution in [3.63, 3.8) is 0 Å². The number of carbonyl (C=O) groups is 1. The standard InChI is InChI=1S/C27H42ClN5O2/c1-5-30-24(28)22(23(29)20-18-21(35-31-20)19-6-7-19)25(34)33-16-11-27(12-17-33)9-14-32(15-10-27)13-8-26(2,3)4/h18-19H,5-17,29H2,1-4H3/b23-22+,30-24?. The molecule has 1 saturated carbocycles. The molecule has 2 aliphatic heterocycles. The Morgan fingerprint density at radius 2 is 1.83 bits per heavy atom. The van der Waals surface area contributed by atoms with Crippen LogP contribution in [0.15, 0.2) is 21.2 Å². The van der Waals surface area contributed by atoms with Gasteiger partial charge in [-0.25, -0.2) is 0 Å². The Morgan fingerprint density at radius 3 is 2.40 bits per heavy atom. The molecule has 0 atom stereocenters. The van der Waals surface area contributed by atoms with Crippen LogP contribution in [0, 0.1) is 10.8 Å². The van der Waals surface area contributed by atoms with E-state index in [9.17, 15) is 4.79 Å². The van der Waals surface area contributed by atoms with Gasteiger partial charge in [-0.3, -0.25) is 9.79 Å². The number of carbonyl (C=O) groups excluding carboxylic acids is 1. The third-order valence-corrected chi connectivity index (χ3v) is 8.29. The summed E-state index contributed by atoms with van der Waals surface area (Å²) < 4.78 is 5.47. The molecule has 1 aromatic rings. The molecule has 4 rings (SSSR count). The largest absolute Gasteiger partial charge is 0.396 e. The lowest BCUT2D eigenvalue weighted by molar-refractivity contribution is -0.129. The summed E-state index contributed by atoms with van der Waals surface area (Å²) in [6.45, 7) is 14.2. The zero-order valence-electron chi connectivity index (χ0n) is 21.9. The van der Waals surface area contributed by atoms with Crippen molar-refractivity contribution >= 4 is 28.4 Å². The molecule has 3 aliphatic rings. The predicted molar refractivity (Wildman–Crippen MR) is 141 cm³/mol. The summed E-state index contributed by atoms with van der Waals surface area (Å²) in [5.41, 5.74) is 8.15. The van der Waals surface area contributed by atoms with Crippen LogP contribution in [0.25, 0.3) is 5.70 Å². The Labute approximate surface area is 215 Å². The topological polar surface area (TPSA) is 88.0 Å². The number of aromatic nitrogens is 1. The molecule has 2 N–H and O–H groups in total. The highest BCUT2D eigenvalue weighted by Gasteiger charge is 2.40. The summed E-state index contributed by atoms with van der Waals surface area (Å²) in [6.07, 6.45) is 7.91. The van der Waals surface area contributed by atoms with E-state index in [0.717, 1.165) is 57.6 Å². The van der Waals surface area contributed by atoms with Gasteiger partial charge >= 0.3 is 0 Å². The van der Waals surface area contributed by atoms with Gasteiger partial charge in [0.15, 0.2) is 0 Å². The van der Waals surface area contributed by atoms with E-state index in [2.05, 4.69) is 35.8 Å². The number of nitrogens with two attached hydrogens (primary N) is 1. The Kier molecular flexibility index (Phi) is 7.96. The molecule has 0 bridgehead atoms. The third kappa shape index (κ3) is 6.48. The van der Waals surface area contributed by atoms with Gasteiger partial charge in [0.2, 0.25) is 0 Å². The fourth-order valence-electron chi connectivity index (χ4n) is 5.22. The van der Waals surface area contributed by atoms with Gasteiger partial charge in [0.1, 0.15) is 22.2 Å². The van der Waals surface area contributed by atoms with Gasteiger partial charge in [0, 0.05) is 31.6 Å². The molecule has 1 spiro atoms. The Bertz CT molecular complexity index is 954. The minimum atomic E-state index is -0.155. The third-order valence-electron chi connectivity index (χ3n) is 7.98. The molecule has 0 unspecified atom stereocenters. The molecule has 3 heterocycles. The molecule has 2 saturated heterocycles. The molecule has 194 valence electrons. The zero-order valence-corrected chi connectivity index (χ0v) is 22.7. The number of halogens is 1. The van der Waals surface area contributed by atoms with Crippen molar-refractivity contribution in [3.8, 4) is 0 Å². The lowest BCUT2D eigenvalue weighted by Gasteiger charge is -2.47. The van der Waals surface area contributed by atoms with Crippen LogP contribution in [-0.4, -0.2) is 65.3 Å². The lowest BCUT2D eigenvalue weighted by atomic mass is 9.71. The number of hydrogen-bond donors (Lipinski definition) is 1. The average Bonchev–Trinajstić information content (AvgIpc) is 3.55. The lowest BCUT2D eigenvalue weighted by Crippen LogP contribution is -2.49. The van der Waals surface area contributed by atoms with Gasteiger partial charge in [0.25, 0.3) is 5.91 Å².